The van der Waals surface area contributed by atoms with Gasteiger partial charge in [-0.15, -0.1) is 0 Å². The van der Waals surface area contributed by atoms with Gasteiger partial charge in [0, 0.05) is 44.5 Å². The van der Waals surface area contributed by atoms with Crippen LogP contribution in [0.5, 0.6) is 0 Å². The number of rotatable bonds is 1. The Morgan fingerprint density at radius 2 is 2.17 bits per heavy atom. The largest absolute Gasteiger partial charge is 0.380 e. The number of aromatic nitrogens is 2. The van der Waals surface area contributed by atoms with E-state index in [1.807, 2.05) is 36.2 Å². The monoisotopic (exact) mass is 392 g/mol. The Morgan fingerprint density at radius 3 is 2.93 bits per heavy atom. The lowest BCUT2D eigenvalue weighted by Gasteiger charge is -2.34. The van der Waals surface area contributed by atoms with Crippen LogP contribution in [0.3, 0.4) is 0 Å². The minimum atomic E-state index is -0.161. The van der Waals surface area contributed by atoms with Crippen LogP contribution in [-0.2, 0) is 9.53 Å². The number of carbonyl (C=O) groups is 1. The second-order valence-corrected chi connectivity index (χ2v) is 7.62. The van der Waals surface area contributed by atoms with Crippen molar-refractivity contribution >= 4 is 17.4 Å². The van der Waals surface area contributed by atoms with Crippen LogP contribution in [0.4, 0.5) is 11.5 Å². The van der Waals surface area contributed by atoms with Gasteiger partial charge in [0.15, 0.2) is 5.82 Å². The first-order valence-corrected chi connectivity index (χ1v) is 9.80. The third-order valence-corrected chi connectivity index (χ3v) is 5.69. The van der Waals surface area contributed by atoms with Gasteiger partial charge in [-0.25, -0.2) is 4.98 Å². The summed E-state index contributed by atoms with van der Waals surface area (Å²) in [6, 6.07) is 8.20. The molecule has 152 valence electrons. The average molecular weight is 393 g/mol. The van der Waals surface area contributed by atoms with E-state index in [-0.39, 0.29) is 26.7 Å². The SMILES string of the molecule is C.Cc1ccc(-c2ccc3c(n2)N(C(=O)C#CC2CCOC2)C2CCN3C2)cn1.[HH]. The molecule has 0 N–H and O–H groups in total. The zero-order chi connectivity index (χ0) is 19.1. The maximum Gasteiger partial charge on any atom is 0.304 e. The average Bonchev–Trinajstić information content (AvgIpc) is 3.38. The van der Waals surface area contributed by atoms with E-state index in [0.717, 1.165) is 55.2 Å². The number of hydrogen-bond acceptors (Lipinski definition) is 5. The minimum Gasteiger partial charge on any atom is -0.380 e. The van der Waals surface area contributed by atoms with Crippen LogP contribution in [0.2, 0.25) is 0 Å². The summed E-state index contributed by atoms with van der Waals surface area (Å²) < 4.78 is 5.36. The normalized spacial score (nSPS) is 21.8. The summed E-state index contributed by atoms with van der Waals surface area (Å²) in [4.78, 5) is 26.4. The van der Waals surface area contributed by atoms with Crippen LogP contribution in [0.15, 0.2) is 30.5 Å². The molecule has 0 aromatic carbocycles. The van der Waals surface area contributed by atoms with E-state index >= 15 is 0 Å². The molecule has 2 aromatic rings. The lowest BCUT2D eigenvalue weighted by molar-refractivity contribution is -0.113. The summed E-state index contributed by atoms with van der Waals surface area (Å²) in [5, 5.41) is 0. The van der Waals surface area contributed by atoms with Gasteiger partial charge in [-0.3, -0.25) is 14.7 Å². The zero-order valence-electron chi connectivity index (χ0n) is 15.9. The van der Waals surface area contributed by atoms with Gasteiger partial charge in [-0.05, 0) is 50.0 Å². The van der Waals surface area contributed by atoms with Gasteiger partial charge in [0.1, 0.15) is 0 Å². The number of carbonyl (C=O) groups excluding carboxylic acids is 1. The summed E-state index contributed by atoms with van der Waals surface area (Å²) >= 11 is 0. The van der Waals surface area contributed by atoms with Gasteiger partial charge in [0.2, 0.25) is 0 Å². The molecule has 2 unspecified atom stereocenters. The number of fused-ring (bicyclic) bond motifs is 4. The van der Waals surface area contributed by atoms with Crippen molar-refractivity contribution in [2.75, 3.05) is 36.1 Å². The fourth-order valence-electron chi connectivity index (χ4n) is 4.12. The molecule has 2 aromatic heterocycles. The molecule has 6 heteroatoms. The molecule has 3 aliphatic heterocycles. The number of amides is 1. The van der Waals surface area contributed by atoms with Crippen molar-refractivity contribution in [2.24, 2.45) is 5.92 Å². The highest BCUT2D eigenvalue weighted by atomic mass is 16.5. The minimum absolute atomic E-state index is 0. The predicted molar refractivity (Wildman–Crippen MR) is 116 cm³/mol. The summed E-state index contributed by atoms with van der Waals surface area (Å²) in [6.07, 6.45) is 3.67. The molecule has 1 amide bonds. The van der Waals surface area contributed by atoms with Crippen molar-refractivity contribution in [1.29, 1.82) is 0 Å². The first kappa shape index (κ1) is 19.4. The van der Waals surface area contributed by atoms with Crippen molar-refractivity contribution in [1.82, 2.24) is 9.97 Å². The van der Waals surface area contributed by atoms with Gasteiger partial charge in [0.05, 0.1) is 24.0 Å². The first-order chi connectivity index (χ1) is 13.7. The predicted octanol–water partition coefficient (Wildman–Crippen LogP) is 3.30. The molecule has 3 aliphatic rings. The van der Waals surface area contributed by atoms with E-state index in [2.05, 4.69) is 27.8 Å². The number of nitrogens with zero attached hydrogens (tertiary/aromatic N) is 4. The fourth-order valence-corrected chi connectivity index (χ4v) is 4.12. The van der Waals surface area contributed by atoms with Crippen molar-refractivity contribution in [3.63, 3.8) is 0 Å². The molecule has 0 spiro atoms. The number of anilines is 2. The summed E-state index contributed by atoms with van der Waals surface area (Å²) in [5.41, 5.74) is 3.75. The maximum atomic E-state index is 13.0. The number of pyridine rings is 2. The Bertz CT molecular complexity index is 977. The van der Waals surface area contributed by atoms with Crippen LogP contribution >= 0.6 is 0 Å². The molecule has 2 fully saturated rings. The van der Waals surface area contributed by atoms with Crippen LogP contribution in [-0.4, -0.2) is 48.2 Å². The Hall–Kier alpha value is -2.91. The Balaban J connectivity index is 0.00000128. The third kappa shape index (κ3) is 3.58. The van der Waals surface area contributed by atoms with Gasteiger partial charge in [0.25, 0.3) is 0 Å². The van der Waals surface area contributed by atoms with Gasteiger partial charge < -0.3 is 9.64 Å². The van der Waals surface area contributed by atoms with E-state index < -0.39 is 0 Å². The number of hydrogen-bond donors (Lipinski definition) is 0. The Morgan fingerprint density at radius 1 is 1.28 bits per heavy atom. The van der Waals surface area contributed by atoms with E-state index in [4.69, 9.17) is 9.72 Å². The molecular weight excluding hydrogens is 364 g/mol. The molecular formula is C23H28N4O2. The number of ether oxygens (including phenoxy) is 1. The molecule has 2 bridgehead atoms. The maximum absolute atomic E-state index is 13.0. The van der Waals surface area contributed by atoms with Crippen LogP contribution < -0.4 is 9.80 Å². The van der Waals surface area contributed by atoms with E-state index in [1.54, 1.807) is 0 Å². The highest BCUT2D eigenvalue weighted by molar-refractivity contribution is 6.08. The molecule has 0 saturated carbocycles. The first-order valence-electron chi connectivity index (χ1n) is 9.80. The smallest absolute Gasteiger partial charge is 0.304 e. The summed E-state index contributed by atoms with van der Waals surface area (Å²) in [5.74, 6) is 6.69. The van der Waals surface area contributed by atoms with Crippen molar-refractivity contribution < 1.29 is 11.0 Å². The lowest BCUT2D eigenvalue weighted by Crippen LogP contribution is -2.46. The molecule has 2 atom stereocenters. The van der Waals surface area contributed by atoms with Gasteiger partial charge in [-0.1, -0.05) is 13.3 Å². The van der Waals surface area contributed by atoms with Gasteiger partial charge >= 0.3 is 5.91 Å². The Labute approximate surface area is 173 Å². The van der Waals surface area contributed by atoms with Crippen LogP contribution in [0.25, 0.3) is 11.3 Å². The summed E-state index contributed by atoms with van der Waals surface area (Å²) in [7, 11) is 0. The standard InChI is InChI=1S/C22H22N4O2.CH4.H2/c1-15-2-4-17(12-23-15)19-5-6-20-22(24-19)26(18-8-10-25(20)13-18)21(27)7-3-16-9-11-28-14-16;;/h2,4-6,12,16,18H,8-11,13-14H2,1H3;1H4;1H. The molecule has 6 nitrogen and oxygen atoms in total. The molecule has 5 heterocycles. The van der Waals surface area contributed by atoms with Crippen molar-refractivity contribution in [2.45, 2.75) is 33.2 Å². The molecule has 0 aliphatic carbocycles. The van der Waals surface area contributed by atoms with Crippen LogP contribution in [0, 0.1) is 24.7 Å². The molecule has 29 heavy (non-hydrogen) atoms. The molecule has 5 rings (SSSR count). The zero-order valence-corrected chi connectivity index (χ0v) is 15.9. The fraction of sp³-hybridized carbons (Fsp3) is 0.435. The quantitative estimate of drug-likeness (QED) is 0.697. The van der Waals surface area contributed by atoms with E-state index in [0.29, 0.717) is 12.4 Å². The van der Waals surface area contributed by atoms with Crippen LogP contribution in [0.1, 0.15) is 27.4 Å². The molecule has 0 radical (unpaired) electrons. The number of aryl methyl sites for hydroxylation is 1. The summed E-state index contributed by atoms with van der Waals surface area (Å²) in [6.45, 7) is 5.10. The second-order valence-electron chi connectivity index (χ2n) is 7.62. The third-order valence-electron chi connectivity index (χ3n) is 5.69. The Kier molecular flexibility index (Phi) is 5.25. The van der Waals surface area contributed by atoms with Crippen molar-refractivity contribution in [3.8, 4) is 23.1 Å². The second kappa shape index (κ2) is 7.84. The molecule has 2 saturated heterocycles. The highest BCUT2D eigenvalue weighted by Crippen LogP contribution is 2.40. The van der Waals surface area contributed by atoms with Gasteiger partial charge in [-0.2, -0.15) is 0 Å². The topological polar surface area (TPSA) is 58.6 Å². The lowest BCUT2D eigenvalue weighted by atomic mass is 10.1. The van der Waals surface area contributed by atoms with E-state index in [9.17, 15) is 4.79 Å². The van der Waals surface area contributed by atoms with Crippen molar-refractivity contribution in [3.05, 3.63) is 36.2 Å². The highest BCUT2D eigenvalue weighted by Gasteiger charge is 2.39. The van der Waals surface area contributed by atoms with E-state index in [1.165, 1.54) is 0 Å².